The molecule has 1 saturated heterocycles. The summed E-state index contributed by atoms with van der Waals surface area (Å²) in [6.07, 6.45) is -4.67. The SMILES string of the molecule is O=C(c1ccc([N+](=O)[O-])s1)N1CCN(S(=O)(=O)c2cccc(C(F)(F)F)c2)CC1. The third kappa shape index (κ3) is 4.41. The number of amides is 1. The van der Waals surface area contributed by atoms with Gasteiger partial charge in [0.1, 0.15) is 0 Å². The number of piperazine rings is 1. The third-order valence-electron chi connectivity index (χ3n) is 4.31. The minimum absolute atomic E-state index is 0.0166. The van der Waals surface area contributed by atoms with E-state index in [0.717, 1.165) is 33.8 Å². The normalized spacial score (nSPS) is 16.0. The molecule has 0 radical (unpaired) electrons. The highest BCUT2D eigenvalue weighted by Gasteiger charge is 2.34. The summed E-state index contributed by atoms with van der Waals surface area (Å²) < 4.78 is 64.9. The van der Waals surface area contributed by atoms with Crippen molar-refractivity contribution in [2.45, 2.75) is 11.1 Å². The van der Waals surface area contributed by atoms with Gasteiger partial charge in [-0.15, -0.1) is 0 Å². The highest BCUT2D eigenvalue weighted by molar-refractivity contribution is 7.89. The number of rotatable bonds is 4. The van der Waals surface area contributed by atoms with Crippen LogP contribution < -0.4 is 0 Å². The Hall–Kier alpha value is -2.51. The molecule has 1 aromatic carbocycles. The lowest BCUT2D eigenvalue weighted by Crippen LogP contribution is -2.50. The Labute approximate surface area is 167 Å². The molecule has 8 nitrogen and oxygen atoms in total. The maximum Gasteiger partial charge on any atom is 0.416 e. The van der Waals surface area contributed by atoms with E-state index in [9.17, 15) is 36.5 Å². The molecular formula is C16H14F3N3O5S2. The number of sulfonamides is 1. The average molecular weight is 449 g/mol. The smallest absolute Gasteiger partial charge is 0.335 e. The summed E-state index contributed by atoms with van der Waals surface area (Å²) in [7, 11) is -4.16. The van der Waals surface area contributed by atoms with Gasteiger partial charge in [0.15, 0.2) is 0 Å². The van der Waals surface area contributed by atoms with Crippen molar-refractivity contribution in [1.29, 1.82) is 0 Å². The van der Waals surface area contributed by atoms with Gasteiger partial charge < -0.3 is 4.90 Å². The lowest BCUT2D eigenvalue weighted by atomic mass is 10.2. The zero-order valence-corrected chi connectivity index (χ0v) is 16.3. The number of nitro groups is 1. The average Bonchev–Trinajstić information content (AvgIpc) is 3.17. The van der Waals surface area contributed by atoms with Crippen molar-refractivity contribution in [2.75, 3.05) is 26.2 Å². The molecular weight excluding hydrogens is 435 g/mol. The number of hydrogen-bond donors (Lipinski definition) is 0. The zero-order chi connectivity index (χ0) is 21.4. The van der Waals surface area contributed by atoms with Gasteiger partial charge in [-0.2, -0.15) is 17.5 Å². The number of hydrogen-bond acceptors (Lipinski definition) is 6. The van der Waals surface area contributed by atoms with Crippen LogP contribution in [0.3, 0.4) is 0 Å². The summed E-state index contributed by atoms with van der Waals surface area (Å²) in [6.45, 7) is -0.166. The van der Waals surface area contributed by atoms with Gasteiger partial charge in [-0.05, 0) is 24.3 Å². The molecule has 0 atom stereocenters. The first-order valence-electron chi connectivity index (χ1n) is 8.21. The predicted molar refractivity (Wildman–Crippen MR) is 97.1 cm³/mol. The van der Waals surface area contributed by atoms with Gasteiger partial charge in [-0.25, -0.2) is 8.42 Å². The number of carbonyl (C=O) groups excluding carboxylic acids is 1. The van der Waals surface area contributed by atoms with Crippen molar-refractivity contribution < 1.29 is 31.3 Å². The fourth-order valence-electron chi connectivity index (χ4n) is 2.81. The Bertz CT molecular complexity index is 1040. The van der Waals surface area contributed by atoms with Gasteiger partial charge in [-0.1, -0.05) is 17.4 Å². The monoisotopic (exact) mass is 449 g/mol. The Kier molecular flexibility index (Phi) is 5.65. The zero-order valence-electron chi connectivity index (χ0n) is 14.6. The molecule has 13 heteroatoms. The van der Waals surface area contributed by atoms with Crippen molar-refractivity contribution in [1.82, 2.24) is 9.21 Å². The number of halogens is 3. The molecule has 0 saturated carbocycles. The van der Waals surface area contributed by atoms with Crippen molar-refractivity contribution in [3.05, 3.63) is 57.0 Å². The van der Waals surface area contributed by atoms with E-state index in [1.807, 2.05) is 0 Å². The van der Waals surface area contributed by atoms with Gasteiger partial charge in [-0.3, -0.25) is 14.9 Å². The predicted octanol–water partition coefficient (Wildman–Crippen LogP) is 2.82. The highest BCUT2D eigenvalue weighted by Crippen LogP contribution is 2.31. The molecule has 3 rings (SSSR count). The van der Waals surface area contributed by atoms with Crippen LogP contribution in [0, 0.1) is 10.1 Å². The molecule has 1 aliphatic rings. The quantitative estimate of drug-likeness (QED) is 0.528. The number of thiophene rings is 1. The number of alkyl halides is 3. The molecule has 0 aliphatic carbocycles. The van der Waals surface area contributed by atoms with E-state index in [4.69, 9.17) is 0 Å². The Morgan fingerprint density at radius 1 is 1.10 bits per heavy atom. The van der Waals surface area contributed by atoms with Crippen LogP contribution in [0.2, 0.25) is 0 Å². The van der Waals surface area contributed by atoms with Crippen molar-refractivity contribution >= 4 is 32.3 Å². The van der Waals surface area contributed by atoms with E-state index in [1.54, 1.807) is 0 Å². The second-order valence-corrected chi connectivity index (χ2v) is 9.12. The van der Waals surface area contributed by atoms with E-state index in [-0.39, 0.29) is 36.1 Å². The summed E-state index contributed by atoms with van der Waals surface area (Å²) >= 11 is 0.721. The van der Waals surface area contributed by atoms with Crippen LogP contribution in [0.5, 0.6) is 0 Å². The molecule has 0 N–H and O–H groups in total. The minimum atomic E-state index is -4.67. The van der Waals surface area contributed by atoms with Crippen molar-refractivity contribution in [2.24, 2.45) is 0 Å². The molecule has 0 unspecified atom stereocenters. The van der Waals surface area contributed by atoms with Crippen molar-refractivity contribution in [3.8, 4) is 0 Å². The Morgan fingerprint density at radius 3 is 2.31 bits per heavy atom. The molecule has 1 aliphatic heterocycles. The molecule has 156 valence electrons. The third-order valence-corrected chi connectivity index (χ3v) is 7.23. The van der Waals surface area contributed by atoms with Crippen LogP contribution >= 0.6 is 11.3 Å². The Morgan fingerprint density at radius 2 is 1.76 bits per heavy atom. The summed E-state index contributed by atoms with van der Waals surface area (Å²) in [6, 6.07) is 6.03. The summed E-state index contributed by atoms with van der Waals surface area (Å²) in [5.74, 6) is -0.459. The summed E-state index contributed by atoms with van der Waals surface area (Å²) in [4.78, 5) is 23.6. The summed E-state index contributed by atoms with van der Waals surface area (Å²) in [5, 5.41) is 10.6. The van der Waals surface area contributed by atoms with E-state index in [2.05, 4.69) is 0 Å². The molecule has 2 aromatic rings. The maximum atomic E-state index is 12.9. The molecule has 0 spiro atoms. The first kappa shape index (κ1) is 21.2. The second-order valence-electron chi connectivity index (χ2n) is 6.12. The molecule has 1 aromatic heterocycles. The van der Waals surface area contributed by atoms with Crippen LogP contribution in [0.1, 0.15) is 15.2 Å². The van der Waals surface area contributed by atoms with E-state index < -0.39 is 37.5 Å². The molecule has 1 amide bonds. The Balaban J connectivity index is 1.71. The molecule has 2 heterocycles. The lowest BCUT2D eigenvalue weighted by molar-refractivity contribution is -0.380. The lowest BCUT2D eigenvalue weighted by Gasteiger charge is -2.33. The van der Waals surface area contributed by atoms with Gasteiger partial charge in [0.25, 0.3) is 5.91 Å². The number of benzene rings is 1. The summed E-state index contributed by atoms with van der Waals surface area (Å²) in [5.41, 5.74) is -1.06. The first-order chi connectivity index (χ1) is 13.5. The minimum Gasteiger partial charge on any atom is -0.335 e. The highest BCUT2D eigenvalue weighted by atomic mass is 32.2. The van der Waals surface area contributed by atoms with Crippen LogP contribution in [0.25, 0.3) is 0 Å². The van der Waals surface area contributed by atoms with E-state index >= 15 is 0 Å². The van der Waals surface area contributed by atoms with Gasteiger partial charge in [0, 0.05) is 32.2 Å². The largest absolute Gasteiger partial charge is 0.416 e. The standard InChI is InChI=1S/C16H14F3N3O5S2/c17-16(18,19)11-2-1-3-12(10-11)29(26,27)21-8-6-20(7-9-21)15(23)13-4-5-14(28-13)22(24)25/h1-5,10H,6-9H2. The van der Waals surface area contributed by atoms with Gasteiger partial charge in [0.2, 0.25) is 10.0 Å². The second kappa shape index (κ2) is 7.72. The van der Waals surface area contributed by atoms with E-state index in [1.165, 1.54) is 17.0 Å². The van der Waals surface area contributed by atoms with E-state index in [0.29, 0.717) is 6.07 Å². The number of carbonyl (C=O) groups is 1. The fourth-order valence-corrected chi connectivity index (χ4v) is 5.07. The molecule has 0 bridgehead atoms. The molecule has 1 fully saturated rings. The topological polar surface area (TPSA) is 101 Å². The van der Waals surface area contributed by atoms with Crippen LogP contribution in [0.4, 0.5) is 18.2 Å². The van der Waals surface area contributed by atoms with Gasteiger partial charge >= 0.3 is 11.2 Å². The van der Waals surface area contributed by atoms with Crippen LogP contribution in [0.15, 0.2) is 41.3 Å². The molecule has 29 heavy (non-hydrogen) atoms. The first-order valence-corrected chi connectivity index (χ1v) is 10.5. The number of nitrogens with zero attached hydrogens (tertiary/aromatic N) is 3. The van der Waals surface area contributed by atoms with Gasteiger partial charge in [0.05, 0.1) is 20.3 Å². The van der Waals surface area contributed by atoms with Crippen molar-refractivity contribution in [3.63, 3.8) is 0 Å². The van der Waals surface area contributed by atoms with Crippen LogP contribution in [-0.4, -0.2) is 54.6 Å². The van der Waals surface area contributed by atoms with Crippen LogP contribution in [-0.2, 0) is 16.2 Å². The fraction of sp³-hybridized carbons (Fsp3) is 0.312. The maximum absolute atomic E-state index is 12.9.